The number of hydrogen-bond donors (Lipinski definition) is 2. The molecule has 2 rings (SSSR count). The molecule has 0 amide bonds. The summed E-state index contributed by atoms with van der Waals surface area (Å²) >= 11 is 0. The first-order chi connectivity index (χ1) is 9.65. The fourth-order valence-electron chi connectivity index (χ4n) is 2.82. The molecule has 2 unspecified atom stereocenters. The van der Waals surface area contributed by atoms with E-state index in [-0.39, 0.29) is 11.4 Å². The van der Waals surface area contributed by atoms with Crippen LogP contribution in [-0.4, -0.2) is 24.6 Å². The monoisotopic (exact) mass is 279 g/mol. The number of nitrogens with zero attached hydrogens (tertiary/aromatic N) is 1. The number of nitro groups is 1. The molecular formula is C14H21N3O3. The van der Waals surface area contributed by atoms with Crippen molar-refractivity contribution in [3.8, 4) is 5.75 Å². The van der Waals surface area contributed by atoms with Crippen molar-refractivity contribution in [3.63, 3.8) is 0 Å². The van der Waals surface area contributed by atoms with Gasteiger partial charge < -0.3 is 15.8 Å². The number of nitro benzene ring substituents is 1. The summed E-state index contributed by atoms with van der Waals surface area (Å²) < 4.78 is 5.00. The van der Waals surface area contributed by atoms with Gasteiger partial charge in [0, 0.05) is 17.8 Å². The number of hydrogen-bond acceptors (Lipinski definition) is 5. The highest BCUT2D eigenvalue weighted by molar-refractivity contribution is 5.58. The predicted octanol–water partition coefficient (Wildman–Crippen LogP) is 2.53. The maximum Gasteiger partial charge on any atom is 0.312 e. The maximum atomic E-state index is 11.0. The van der Waals surface area contributed by atoms with Crippen molar-refractivity contribution < 1.29 is 9.66 Å². The van der Waals surface area contributed by atoms with Crippen LogP contribution in [0.25, 0.3) is 0 Å². The van der Waals surface area contributed by atoms with Crippen LogP contribution >= 0.6 is 0 Å². The van der Waals surface area contributed by atoms with E-state index in [1.807, 2.05) is 6.07 Å². The zero-order valence-electron chi connectivity index (χ0n) is 11.7. The highest BCUT2D eigenvalue weighted by Gasteiger charge is 2.24. The van der Waals surface area contributed by atoms with Crippen LogP contribution in [0.3, 0.4) is 0 Å². The van der Waals surface area contributed by atoms with E-state index in [2.05, 4.69) is 5.32 Å². The molecule has 6 heteroatoms. The van der Waals surface area contributed by atoms with Gasteiger partial charge in [-0.1, -0.05) is 12.8 Å². The topological polar surface area (TPSA) is 90.4 Å². The standard InChI is InChI=1S/C14H21N3O3/c1-20-14-7-6-11(8-13(14)17(18)19)16-12-5-3-2-4-10(12)9-15/h6-8,10,12,16H,2-5,9,15H2,1H3. The fourth-order valence-corrected chi connectivity index (χ4v) is 2.82. The Balaban J connectivity index is 2.16. The number of methoxy groups -OCH3 is 1. The Morgan fingerprint density at radius 1 is 1.45 bits per heavy atom. The molecule has 0 bridgehead atoms. The van der Waals surface area contributed by atoms with Gasteiger partial charge >= 0.3 is 5.69 Å². The lowest BCUT2D eigenvalue weighted by atomic mass is 9.84. The van der Waals surface area contributed by atoms with Crippen LogP contribution in [0.2, 0.25) is 0 Å². The van der Waals surface area contributed by atoms with E-state index in [0.29, 0.717) is 18.5 Å². The summed E-state index contributed by atoms with van der Waals surface area (Å²) in [4.78, 5) is 10.6. The Hall–Kier alpha value is -1.82. The van der Waals surface area contributed by atoms with Crippen LogP contribution in [0.15, 0.2) is 18.2 Å². The first-order valence-electron chi connectivity index (χ1n) is 6.94. The van der Waals surface area contributed by atoms with Crippen LogP contribution in [0.4, 0.5) is 11.4 Å². The van der Waals surface area contributed by atoms with Crippen molar-refractivity contribution in [2.75, 3.05) is 19.0 Å². The smallest absolute Gasteiger partial charge is 0.312 e. The summed E-state index contributed by atoms with van der Waals surface area (Å²) in [6.45, 7) is 0.649. The van der Waals surface area contributed by atoms with Gasteiger partial charge in [0.1, 0.15) is 0 Å². The molecule has 3 N–H and O–H groups in total. The summed E-state index contributed by atoms with van der Waals surface area (Å²) in [6, 6.07) is 5.26. The van der Waals surface area contributed by atoms with E-state index in [9.17, 15) is 10.1 Å². The maximum absolute atomic E-state index is 11.0. The van der Waals surface area contributed by atoms with Crippen LogP contribution in [0.1, 0.15) is 25.7 Å². The second-order valence-electron chi connectivity index (χ2n) is 5.17. The van der Waals surface area contributed by atoms with Crippen molar-refractivity contribution in [2.45, 2.75) is 31.7 Å². The number of ether oxygens (including phenoxy) is 1. The molecule has 110 valence electrons. The Bertz CT molecular complexity index is 479. The lowest BCUT2D eigenvalue weighted by molar-refractivity contribution is -0.385. The van der Waals surface area contributed by atoms with Crippen LogP contribution in [-0.2, 0) is 0 Å². The molecule has 0 heterocycles. The molecule has 2 atom stereocenters. The van der Waals surface area contributed by atoms with E-state index in [0.717, 1.165) is 18.5 Å². The van der Waals surface area contributed by atoms with Gasteiger partial charge in [-0.3, -0.25) is 10.1 Å². The Kier molecular flexibility index (Phi) is 4.79. The number of benzene rings is 1. The van der Waals surface area contributed by atoms with Gasteiger partial charge in [-0.2, -0.15) is 0 Å². The molecule has 1 aliphatic rings. The third-order valence-electron chi connectivity index (χ3n) is 3.94. The molecule has 0 radical (unpaired) electrons. The summed E-state index contributed by atoms with van der Waals surface area (Å²) in [5.74, 6) is 0.712. The lowest BCUT2D eigenvalue weighted by Gasteiger charge is -2.32. The Morgan fingerprint density at radius 3 is 2.85 bits per heavy atom. The molecule has 1 fully saturated rings. The summed E-state index contributed by atoms with van der Waals surface area (Å²) in [7, 11) is 1.43. The van der Waals surface area contributed by atoms with Gasteiger partial charge in [0.15, 0.2) is 5.75 Å². The van der Waals surface area contributed by atoms with Crippen molar-refractivity contribution in [1.82, 2.24) is 0 Å². The quantitative estimate of drug-likeness (QED) is 0.638. The molecule has 1 aliphatic carbocycles. The largest absolute Gasteiger partial charge is 0.490 e. The van der Waals surface area contributed by atoms with Gasteiger partial charge in [0.2, 0.25) is 0 Å². The summed E-state index contributed by atoms with van der Waals surface area (Å²) in [5, 5.41) is 14.4. The molecule has 20 heavy (non-hydrogen) atoms. The van der Waals surface area contributed by atoms with Crippen molar-refractivity contribution in [2.24, 2.45) is 11.7 Å². The minimum Gasteiger partial charge on any atom is -0.490 e. The first kappa shape index (κ1) is 14.6. The fraction of sp³-hybridized carbons (Fsp3) is 0.571. The molecule has 0 aliphatic heterocycles. The Morgan fingerprint density at radius 2 is 2.20 bits per heavy atom. The number of anilines is 1. The summed E-state index contributed by atoms with van der Waals surface area (Å²) in [5.41, 5.74) is 6.54. The summed E-state index contributed by atoms with van der Waals surface area (Å²) in [6.07, 6.45) is 4.56. The van der Waals surface area contributed by atoms with Gasteiger partial charge in [0.25, 0.3) is 0 Å². The molecule has 0 spiro atoms. The van der Waals surface area contributed by atoms with Crippen molar-refractivity contribution in [1.29, 1.82) is 0 Å². The minimum atomic E-state index is -0.425. The molecule has 0 aromatic heterocycles. The molecule has 0 saturated heterocycles. The second-order valence-corrected chi connectivity index (χ2v) is 5.17. The molecular weight excluding hydrogens is 258 g/mol. The van der Waals surface area contributed by atoms with Crippen molar-refractivity contribution >= 4 is 11.4 Å². The van der Waals surface area contributed by atoms with Crippen LogP contribution in [0, 0.1) is 16.0 Å². The van der Waals surface area contributed by atoms with E-state index in [1.54, 1.807) is 6.07 Å². The Labute approximate surface area is 118 Å². The van der Waals surface area contributed by atoms with E-state index in [1.165, 1.54) is 26.0 Å². The number of nitrogens with one attached hydrogen (secondary N) is 1. The van der Waals surface area contributed by atoms with E-state index < -0.39 is 4.92 Å². The van der Waals surface area contributed by atoms with E-state index >= 15 is 0 Å². The van der Waals surface area contributed by atoms with Gasteiger partial charge in [-0.15, -0.1) is 0 Å². The average Bonchev–Trinajstić information content (AvgIpc) is 2.47. The highest BCUT2D eigenvalue weighted by Crippen LogP contribution is 2.32. The highest BCUT2D eigenvalue weighted by atomic mass is 16.6. The van der Waals surface area contributed by atoms with Crippen LogP contribution in [0.5, 0.6) is 5.75 Å². The van der Waals surface area contributed by atoms with Crippen molar-refractivity contribution in [3.05, 3.63) is 28.3 Å². The van der Waals surface area contributed by atoms with Gasteiger partial charge in [0.05, 0.1) is 12.0 Å². The molecule has 1 aromatic rings. The minimum absolute atomic E-state index is 0.0161. The average molecular weight is 279 g/mol. The predicted molar refractivity (Wildman–Crippen MR) is 78.1 cm³/mol. The lowest BCUT2D eigenvalue weighted by Crippen LogP contribution is -2.36. The zero-order valence-corrected chi connectivity index (χ0v) is 11.7. The third-order valence-corrected chi connectivity index (χ3v) is 3.94. The van der Waals surface area contributed by atoms with Gasteiger partial charge in [-0.25, -0.2) is 0 Å². The van der Waals surface area contributed by atoms with E-state index in [4.69, 9.17) is 10.5 Å². The third kappa shape index (κ3) is 3.19. The SMILES string of the molecule is COc1ccc(NC2CCCCC2CN)cc1[N+](=O)[O-]. The number of rotatable bonds is 5. The van der Waals surface area contributed by atoms with Crippen LogP contribution < -0.4 is 15.8 Å². The molecule has 6 nitrogen and oxygen atoms in total. The van der Waals surface area contributed by atoms with Gasteiger partial charge in [-0.05, 0) is 37.4 Å². The second kappa shape index (κ2) is 6.56. The molecule has 1 aromatic carbocycles. The first-order valence-corrected chi connectivity index (χ1v) is 6.94. The number of nitrogens with two attached hydrogens (primary N) is 1. The normalized spacial score (nSPS) is 22.3. The zero-order chi connectivity index (χ0) is 14.5. The molecule has 1 saturated carbocycles.